The fraction of sp³-hybridized carbons (Fsp3) is 0.533. The fourth-order valence-electron chi connectivity index (χ4n) is 2.22. The highest BCUT2D eigenvalue weighted by atomic mass is 16.5. The molecule has 0 aromatic heterocycles. The van der Waals surface area contributed by atoms with Crippen LogP contribution in [-0.4, -0.2) is 25.8 Å². The third-order valence-electron chi connectivity index (χ3n) is 3.53. The van der Waals surface area contributed by atoms with Gasteiger partial charge in [0.25, 0.3) is 0 Å². The quantitative estimate of drug-likeness (QED) is 0.880. The molecule has 2 rings (SSSR count). The standard InChI is InChI=1S/C15H22N2O2/c1-11-3-4-12(2)14(9-11)17-15(18)16-10-13-5-7-19-8-6-13/h3-4,9,13H,5-8,10H2,1-2H3,(H2,16,17,18). The molecule has 0 bridgehead atoms. The van der Waals surface area contributed by atoms with E-state index >= 15 is 0 Å². The van der Waals surface area contributed by atoms with E-state index in [1.54, 1.807) is 0 Å². The highest BCUT2D eigenvalue weighted by Crippen LogP contribution is 2.16. The van der Waals surface area contributed by atoms with Gasteiger partial charge in [-0.15, -0.1) is 0 Å². The summed E-state index contributed by atoms with van der Waals surface area (Å²) in [5.74, 6) is 0.540. The van der Waals surface area contributed by atoms with E-state index in [9.17, 15) is 4.79 Å². The average molecular weight is 262 g/mol. The van der Waals surface area contributed by atoms with Crippen LogP contribution in [0.5, 0.6) is 0 Å². The number of aryl methyl sites for hydroxylation is 2. The van der Waals surface area contributed by atoms with Crippen LogP contribution in [0, 0.1) is 19.8 Å². The molecule has 1 heterocycles. The topological polar surface area (TPSA) is 50.4 Å². The minimum Gasteiger partial charge on any atom is -0.381 e. The first kappa shape index (κ1) is 13.9. The Labute approximate surface area is 114 Å². The highest BCUT2D eigenvalue weighted by molar-refractivity contribution is 5.90. The van der Waals surface area contributed by atoms with Crippen molar-refractivity contribution in [3.8, 4) is 0 Å². The van der Waals surface area contributed by atoms with Crippen molar-refractivity contribution < 1.29 is 9.53 Å². The predicted octanol–water partition coefficient (Wildman–Crippen LogP) is 2.85. The fourth-order valence-corrected chi connectivity index (χ4v) is 2.22. The van der Waals surface area contributed by atoms with Gasteiger partial charge in [0.2, 0.25) is 0 Å². The van der Waals surface area contributed by atoms with Gasteiger partial charge in [-0.2, -0.15) is 0 Å². The Balaban J connectivity index is 1.81. The van der Waals surface area contributed by atoms with Crippen molar-refractivity contribution in [1.82, 2.24) is 5.32 Å². The van der Waals surface area contributed by atoms with Crippen LogP contribution in [0.2, 0.25) is 0 Å². The van der Waals surface area contributed by atoms with E-state index in [1.807, 2.05) is 32.0 Å². The largest absolute Gasteiger partial charge is 0.381 e. The number of hydrogen-bond donors (Lipinski definition) is 2. The molecule has 0 spiro atoms. The molecule has 4 nitrogen and oxygen atoms in total. The maximum absolute atomic E-state index is 11.9. The molecule has 1 aromatic carbocycles. The van der Waals surface area contributed by atoms with Crippen LogP contribution in [0.1, 0.15) is 24.0 Å². The minimum absolute atomic E-state index is 0.125. The van der Waals surface area contributed by atoms with Crippen LogP contribution in [-0.2, 0) is 4.74 Å². The molecule has 0 saturated carbocycles. The first-order valence-corrected chi connectivity index (χ1v) is 6.85. The summed E-state index contributed by atoms with van der Waals surface area (Å²) in [4.78, 5) is 11.9. The Morgan fingerprint density at radius 1 is 1.32 bits per heavy atom. The normalized spacial score (nSPS) is 16.1. The number of anilines is 1. The lowest BCUT2D eigenvalue weighted by Gasteiger charge is -2.22. The molecule has 0 unspecified atom stereocenters. The monoisotopic (exact) mass is 262 g/mol. The van der Waals surface area contributed by atoms with E-state index in [2.05, 4.69) is 10.6 Å². The Kier molecular flexibility index (Phi) is 4.80. The minimum atomic E-state index is -0.125. The van der Waals surface area contributed by atoms with Crippen molar-refractivity contribution in [3.63, 3.8) is 0 Å². The number of hydrogen-bond acceptors (Lipinski definition) is 2. The molecule has 2 amide bonds. The van der Waals surface area contributed by atoms with E-state index in [4.69, 9.17) is 4.74 Å². The highest BCUT2D eigenvalue weighted by Gasteiger charge is 2.14. The number of rotatable bonds is 3. The molecule has 1 aliphatic heterocycles. The number of ether oxygens (including phenoxy) is 1. The summed E-state index contributed by atoms with van der Waals surface area (Å²) in [6.45, 7) is 6.36. The Hall–Kier alpha value is -1.55. The number of nitrogens with one attached hydrogen (secondary N) is 2. The van der Waals surface area contributed by atoms with Crippen LogP contribution in [0.25, 0.3) is 0 Å². The summed E-state index contributed by atoms with van der Waals surface area (Å²) in [5, 5.41) is 5.85. The molecular formula is C15H22N2O2. The second-order valence-corrected chi connectivity index (χ2v) is 5.21. The molecule has 0 atom stereocenters. The average Bonchev–Trinajstić information content (AvgIpc) is 2.42. The lowest BCUT2D eigenvalue weighted by atomic mass is 10.0. The van der Waals surface area contributed by atoms with E-state index in [0.29, 0.717) is 5.92 Å². The van der Waals surface area contributed by atoms with Gasteiger partial charge in [-0.1, -0.05) is 12.1 Å². The van der Waals surface area contributed by atoms with Gasteiger partial charge in [-0.25, -0.2) is 4.79 Å². The van der Waals surface area contributed by atoms with Gasteiger partial charge >= 0.3 is 6.03 Å². The molecule has 104 valence electrons. The number of amides is 2. The molecule has 1 aromatic rings. The summed E-state index contributed by atoms with van der Waals surface area (Å²) >= 11 is 0. The smallest absolute Gasteiger partial charge is 0.319 e. The molecule has 1 aliphatic rings. The number of urea groups is 1. The van der Waals surface area contributed by atoms with E-state index in [-0.39, 0.29) is 6.03 Å². The van der Waals surface area contributed by atoms with Gasteiger partial charge in [0.15, 0.2) is 0 Å². The molecular weight excluding hydrogens is 240 g/mol. The van der Waals surface area contributed by atoms with Crippen molar-refractivity contribution in [2.24, 2.45) is 5.92 Å². The Morgan fingerprint density at radius 3 is 2.79 bits per heavy atom. The first-order valence-electron chi connectivity index (χ1n) is 6.85. The van der Waals surface area contributed by atoms with Gasteiger partial charge in [-0.05, 0) is 49.8 Å². The van der Waals surface area contributed by atoms with Gasteiger partial charge in [0.05, 0.1) is 0 Å². The maximum atomic E-state index is 11.9. The van der Waals surface area contributed by atoms with Crippen LogP contribution in [0.4, 0.5) is 10.5 Å². The zero-order chi connectivity index (χ0) is 13.7. The zero-order valence-corrected chi connectivity index (χ0v) is 11.7. The van der Waals surface area contributed by atoms with E-state index in [1.165, 1.54) is 0 Å². The lowest BCUT2D eigenvalue weighted by Crippen LogP contribution is -2.35. The molecule has 1 fully saturated rings. The second kappa shape index (κ2) is 6.57. The molecule has 2 N–H and O–H groups in total. The van der Waals surface area contributed by atoms with Crippen molar-refractivity contribution in [2.75, 3.05) is 25.1 Å². The summed E-state index contributed by atoms with van der Waals surface area (Å²) in [6.07, 6.45) is 2.06. The molecule has 1 saturated heterocycles. The van der Waals surface area contributed by atoms with Crippen molar-refractivity contribution in [2.45, 2.75) is 26.7 Å². The first-order chi connectivity index (χ1) is 9.15. The molecule has 19 heavy (non-hydrogen) atoms. The third-order valence-corrected chi connectivity index (χ3v) is 3.53. The van der Waals surface area contributed by atoms with Gasteiger partial charge < -0.3 is 15.4 Å². The summed E-state index contributed by atoms with van der Waals surface area (Å²) in [6, 6.07) is 5.92. The number of carbonyl (C=O) groups excluding carboxylic acids is 1. The van der Waals surface area contributed by atoms with Crippen molar-refractivity contribution in [3.05, 3.63) is 29.3 Å². The lowest BCUT2D eigenvalue weighted by molar-refractivity contribution is 0.0671. The van der Waals surface area contributed by atoms with Gasteiger partial charge in [-0.3, -0.25) is 0 Å². The third kappa shape index (κ3) is 4.24. The van der Waals surface area contributed by atoms with Gasteiger partial charge in [0, 0.05) is 25.4 Å². The van der Waals surface area contributed by atoms with Crippen LogP contribution >= 0.6 is 0 Å². The second-order valence-electron chi connectivity index (χ2n) is 5.21. The van der Waals surface area contributed by atoms with Gasteiger partial charge in [0.1, 0.15) is 0 Å². The van der Waals surface area contributed by atoms with E-state index in [0.717, 1.165) is 49.4 Å². The van der Waals surface area contributed by atoms with Crippen LogP contribution in [0.15, 0.2) is 18.2 Å². The number of carbonyl (C=O) groups is 1. The SMILES string of the molecule is Cc1ccc(C)c(NC(=O)NCC2CCOCC2)c1. The predicted molar refractivity (Wildman–Crippen MR) is 76.5 cm³/mol. The summed E-state index contributed by atoms with van der Waals surface area (Å²) < 4.78 is 5.30. The summed E-state index contributed by atoms with van der Waals surface area (Å²) in [5.41, 5.74) is 3.10. The maximum Gasteiger partial charge on any atom is 0.319 e. The zero-order valence-electron chi connectivity index (χ0n) is 11.7. The van der Waals surface area contributed by atoms with Crippen molar-refractivity contribution in [1.29, 1.82) is 0 Å². The van der Waals surface area contributed by atoms with E-state index < -0.39 is 0 Å². The molecule has 0 radical (unpaired) electrons. The Bertz CT molecular complexity index is 440. The van der Waals surface area contributed by atoms with Crippen molar-refractivity contribution >= 4 is 11.7 Å². The molecule has 0 aliphatic carbocycles. The molecule has 4 heteroatoms. The Morgan fingerprint density at radius 2 is 2.05 bits per heavy atom. The number of benzene rings is 1. The summed E-state index contributed by atoms with van der Waals surface area (Å²) in [7, 11) is 0. The van der Waals surface area contributed by atoms with Crippen LogP contribution in [0.3, 0.4) is 0 Å². The van der Waals surface area contributed by atoms with Crippen LogP contribution < -0.4 is 10.6 Å².